The van der Waals surface area contributed by atoms with Crippen LogP contribution in [0, 0.1) is 0 Å². The molecule has 9 nitrogen and oxygen atoms in total. The van der Waals surface area contributed by atoms with Crippen LogP contribution in [0.25, 0.3) is 27.8 Å². The molecule has 0 spiro atoms. The van der Waals surface area contributed by atoms with E-state index in [0.717, 1.165) is 39.3 Å². The summed E-state index contributed by atoms with van der Waals surface area (Å²) in [6.07, 6.45) is 5.29. The van der Waals surface area contributed by atoms with Crippen molar-refractivity contribution in [2.24, 2.45) is 0 Å². The highest BCUT2D eigenvalue weighted by atomic mass is 16.3. The van der Waals surface area contributed by atoms with Crippen LogP contribution in [0.2, 0.25) is 0 Å². The van der Waals surface area contributed by atoms with Gasteiger partial charge in [0.2, 0.25) is 0 Å². The molecule has 4 heterocycles. The van der Waals surface area contributed by atoms with Gasteiger partial charge in [0.15, 0.2) is 5.65 Å². The summed E-state index contributed by atoms with van der Waals surface area (Å²) in [5.74, 6) is 1.45. The molecule has 0 saturated carbocycles. The minimum absolute atomic E-state index is 0.0952. The number of nitrogens with zero attached hydrogens (tertiary/aromatic N) is 6. The molecule has 0 atom stereocenters. The summed E-state index contributed by atoms with van der Waals surface area (Å²) in [5.41, 5.74) is 4.43. The number of aliphatic hydroxyl groups excluding tert-OH is 1. The number of nitrogens with one attached hydrogen (secondary N) is 2. The van der Waals surface area contributed by atoms with Crippen molar-refractivity contribution in [1.29, 1.82) is 0 Å². The second-order valence-electron chi connectivity index (χ2n) is 6.97. The Bertz CT molecular complexity index is 1310. The molecule has 0 radical (unpaired) electrons. The number of aromatic amines is 1. The van der Waals surface area contributed by atoms with Crippen molar-refractivity contribution in [3.8, 4) is 11.3 Å². The van der Waals surface area contributed by atoms with E-state index in [2.05, 4.69) is 25.6 Å². The van der Waals surface area contributed by atoms with Crippen molar-refractivity contribution in [3.63, 3.8) is 0 Å². The van der Waals surface area contributed by atoms with Crippen molar-refractivity contribution >= 4 is 33.9 Å². The maximum absolute atomic E-state index is 9.10. The van der Waals surface area contributed by atoms with Gasteiger partial charge in [-0.1, -0.05) is 12.1 Å². The third-order valence-electron chi connectivity index (χ3n) is 4.98. The number of aromatic nitrogens is 6. The van der Waals surface area contributed by atoms with Gasteiger partial charge in [-0.3, -0.25) is 5.10 Å². The predicted octanol–water partition coefficient (Wildman–Crippen LogP) is 2.84. The fourth-order valence-corrected chi connectivity index (χ4v) is 3.34. The number of likely N-dealkylation sites (N-methyl/N-ethyl adjacent to an activating group) is 1. The monoisotopic (exact) mass is 400 g/mol. The number of rotatable bonds is 6. The van der Waals surface area contributed by atoms with Crippen LogP contribution in [0.5, 0.6) is 0 Å². The number of pyridine rings is 1. The van der Waals surface area contributed by atoms with Crippen molar-refractivity contribution in [2.75, 3.05) is 30.4 Å². The molecule has 0 amide bonds. The molecule has 0 fully saturated rings. The Morgan fingerprint density at radius 3 is 2.90 bits per heavy atom. The Morgan fingerprint density at radius 1 is 1.13 bits per heavy atom. The Kier molecular flexibility index (Phi) is 4.49. The standard InChI is InChI=1S/C21H20N8O/c1-28(8-9-30)16-4-5-19(22-13-16)26-21-11-17(25-20-6-7-24-29(20)21)14-2-3-15-12-23-27-18(15)10-14/h2-7,10-13,30H,8-9H2,1H3,(H,22,26)(H,23,27). The van der Waals surface area contributed by atoms with Crippen LogP contribution in [0.15, 0.2) is 61.1 Å². The number of hydrogen-bond donors (Lipinski definition) is 3. The second kappa shape index (κ2) is 7.45. The first-order chi connectivity index (χ1) is 14.7. The van der Waals surface area contributed by atoms with E-state index in [1.807, 2.05) is 54.4 Å². The molecule has 5 aromatic rings. The first-order valence-electron chi connectivity index (χ1n) is 9.54. The molecule has 5 rings (SSSR count). The molecule has 150 valence electrons. The van der Waals surface area contributed by atoms with Crippen molar-refractivity contribution in [1.82, 2.24) is 29.8 Å². The molecule has 1 aromatic carbocycles. The topological polar surface area (TPSA) is 107 Å². The zero-order valence-corrected chi connectivity index (χ0v) is 16.3. The van der Waals surface area contributed by atoms with Gasteiger partial charge in [-0.2, -0.15) is 14.7 Å². The lowest BCUT2D eigenvalue weighted by molar-refractivity contribution is 0.304. The van der Waals surface area contributed by atoms with E-state index < -0.39 is 0 Å². The van der Waals surface area contributed by atoms with E-state index in [4.69, 9.17) is 10.1 Å². The van der Waals surface area contributed by atoms with Crippen LogP contribution in [0.1, 0.15) is 0 Å². The van der Waals surface area contributed by atoms with Crippen LogP contribution < -0.4 is 10.2 Å². The van der Waals surface area contributed by atoms with E-state index in [0.29, 0.717) is 12.4 Å². The summed E-state index contributed by atoms with van der Waals surface area (Å²) < 4.78 is 1.74. The van der Waals surface area contributed by atoms with E-state index in [1.165, 1.54) is 0 Å². The number of benzene rings is 1. The fraction of sp³-hybridized carbons (Fsp3) is 0.143. The highest BCUT2D eigenvalue weighted by Gasteiger charge is 2.10. The van der Waals surface area contributed by atoms with Crippen LogP contribution in [0.3, 0.4) is 0 Å². The normalized spacial score (nSPS) is 11.3. The lowest BCUT2D eigenvalue weighted by Crippen LogP contribution is -2.21. The first-order valence-corrected chi connectivity index (χ1v) is 9.54. The van der Waals surface area contributed by atoms with Crippen LogP contribution in [-0.4, -0.2) is 55.1 Å². The number of hydrogen-bond acceptors (Lipinski definition) is 7. The Hall–Kier alpha value is -3.98. The number of aliphatic hydroxyl groups is 1. The molecule has 0 aliphatic heterocycles. The largest absolute Gasteiger partial charge is 0.395 e. The van der Waals surface area contributed by atoms with Gasteiger partial charge in [0, 0.05) is 36.7 Å². The molecule has 30 heavy (non-hydrogen) atoms. The molecular formula is C21H20N8O. The van der Waals surface area contributed by atoms with Gasteiger partial charge >= 0.3 is 0 Å². The molecule has 4 aromatic heterocycles. The van der Waals surface area contributed by atoms with Crippen LogP contribution in [-0.2, 0) is 0 Å². The second-order valence-corrected chi connectivity index (χ2v) is 6.97. The Morgan fingerprint density at radius 2 is 2.07 bits per heavy atom. The maximum atomic E-state index is 9.10. The smallest absolute Gasteiger partial charge is 0.157 e. The summed E-state index contributed by atoms with van der Waals surface area (Å²) in [5, 5.41) is 24.9. The van der Waals surface area contributed by atoms with E-state index in [-0.39, 0.29) is 6.61 Å². The Labute approximate surface area is 172 Å². The zero-order valence-electron chi connectivity index (χ0n) is 16.3. The molecule has 0 unspecified atom stereocenters. The highest BCUT2D eigenvalue weighted by molar-refractivity contribution is 5.83. The quantitative estimate of drug-likeness (QED) is 0.402. The van der Waals surface area contributed by atoms with Crippen LogP contribution >= 0.6 is 0 Å². The van der Waals surface area contributed by atoms with Crippen LogP contribution in [0.4, 0.5) is 17.3 Å². The average molecular weight is 400 g/mol. The van der Waals surface area contributed by atoms with Crippen molar-refractivity contribution in [3.05, 3.63) is 61.1 Å². The molecule has 0 aliphatic carbocycles. The molecule has 0 saturated heterocycles. The number of anilines is 3. The van der Waals surface area contributed by atoms with E-state index in [1.54, 1.807) is 23.1 Å². The average Bonchev–Trinajstić information content (AvgIpc) is 3.43. The van der Waals surface area contributed by atoms with Gasteiger partial charge in [0.05, 0.1) is 42.1 Å². The third kappa shape index (κ3) is 3.31. The minimum atomic E-state index is 0.0952. The summed E-state index contributed by atoms with van der Waals surface area (Å²) in [6, 6.07) is 13.8. The number of H-pyrrole nitrogens is 1. The van der Waals surface area contributed by atoms with Crippen molar-refractivity contribution in [2.45, 2.75) is 0 Å². The van der Waals surface area contributed by atoms with Crippen molar-refractivity contribution < 1.29 is 5.11 Å². The summed E-state index contributed by atoms with van der Waals surface area (Å²) in [6.45, 7) is 0.647. The molecule has 9 heteroatoms. The zero-order chi connectivity index (χ0) is 20.5. The summed E-state index contributed by atoms with van der Waals surface area (Å²) >= 11 is 0. The fourth-order valence-electron chi connectivity index (χ4n) is 3.34. The van der Waals surface area contributed by atoms with Gasteiger partial charge in [-0.25, -0.2) is 9.97 Å². The van der Waals surface area contributed by atoms with Gasteiger partial charge in [-0.15, -0.1) is 0 Å². The molecular weight excluding hydrogens is 380 g/mol. The predicted molar refractivity (Wildman–Crippen MR) is 116 cm³/mol. The summed E-state index contributed by atoms with van der Waals surface area (Å²) in [4.78, 5) is 11.2. The van der Waals surface area contributed by atoms with Gasteiger partial charge < -0.3 is 15.3 Å². The highest BCUT2D eigenvalue weighted by Crippen LogP contribution is 2.26. The third-order valence-corrected chi connectivity index (χ3v) is 4.98. The van der Waals surface area contributed by atoms with E-state index >= 15 is 0 Å². The lowest BCUT2D eigenvalue weighted by atomic mass is 10.1. The van der Waals surface area contributed by atoms with Gasteiger partial charge in [0.25, 0.3) is 0 Å². The molecule has 0 bridgehead atoms. The summed E-state index contributed by atoms with van der Waals surface area (Å²) in [7, 11) is 1.92. The first kappa shape index (κ1) is 18.1. The maximum Gasteiger partial charge on any atom is 0.157 e. The lowest BCUT2D eigenvalue weighted by Gasteiger charge is -2.17. The number of fused-ring (bicyclic) bond motifs is 2. The van der Waals surface area contributed by atoms with E-state index in [9.17, 15) is 0 Å². The molecule has 0 aliphatic rings. The Balaban J connectivity index is 1.50. The van der Waals surface area contributed by atoms with Gasteiger partial charge in [-0.05, 0) is 18.2 Å². The van der Waals surface area contributed by atoms with Gasteiger partial charge in [0.1, 0.15) is 11.6 Å². The minimum Gasteiger partial charge on any atom is -0.395 e. The molecule has 3 N–H and O–H groups in total. The SMILES string of the molecule is CN(CCO)c1ccc(Nc2cc(-c3ccc4cn[nH]c4c3)nc3ccnn23)nc1.